The van der Waals surface area contributed by atoms with Crippen LogP contribution in [-0.2, 0) is 5.54 Å². The Morgan fingerprint density at radius 3 is 2.53 bits per heavy atom. The van der Waals surface area contributed by atoms with Crippen LogP contribution in [0.2, 0.25) is 0 Å². The summed E-state index contributed by atoms with van der Waals surface area (Å²) in [7, 11) is 0. The molecule has 2 N–H and O–H groups in total. The summed E-state index contributed by atoms with van der Waals surface area (Å²) < 4.78 is 0. The number of likely N-dealkylation sites (tertiary alicyclic amines) is 1. The molecule has 1 aliphatic heterocycles. The predicted molar refractivity (Wildman–Crippen MR) is 134 cm³/mol. The minimum atomic E-state index is -0.453. The number of nitrogens with zero attached hydrogens (tertiary/aromatic N) is 1. The Labute approximate surface area is 191 Å². The first kappa shape index (κ1) is 22.2. The van der Waals surface area contributed by atoms with Gasteiger partial charge in [-0.15, -0.1) is 0 Å². The molecule has 2 heterocycles. The van der Waals surface area contributed by atoms with Crippen LogP contribution in [0.5, 0.6) is 0 Å². The van der Waals surface area contributed by atoms with Gasteiger partial charge in [-0.2, -0.15) is 0 Å². The lowest BCUT2D eigenvalue weighted by Crippen LogP contribution is -2.50. The number of aromatic amines is 1. The van der Waals surface area contributed by atoms with E-state index in [0.29, 0.717) is 5.92 Å². The lowest BCUT2D eigenvalue weighted by atomic mass is 9.90. The van der Waals surface area contributed by atoms with Crippen LogP contribution in [0.4, 0.5) is 4.79 Å². The molecule has 0 saturated carbocycles. The summed E-state index contributed by atoms with van der Waals surface area (Å²) in [5.74, 6) is 0.465. The quantitative estimate of drug-likeness (QED) is 0.480. The lowest BCUT2D eigenvalue weighted by Gasteiger charge is -2.35. The van der Waals surface area contributed by atoms with Crippen molar-refractivity contribution < 1.29 is 4.79 Å². The van der Waals surface area contributed by atoms with Crippen molar-refractivity contribution in [2.45, 2.75) is 58.9 Å². The van der Waals surface area contributed by atoms with E-state index >= 15 is 0 Å². The summed E-state index contributed by atoms with van der Waals surface area (Å²) in [6.07, 6.45) is 1.96. The Kier molecular flexibility index (Phi) is 5.89. The van der Waals surface area contributed by atoms with E-state index in [1.165, 1.54) is 27.7 Å². The third-order valence-electron chi connectivity index (χ3n) is 6.94. The van der Waals surface area contributed by atoms with E-state index in [1.54, 1.807) is 0 Å². The summed E-state index contributed by atoms with van der Waals surface area (Å²) in [5, 5.41) is 4.57. The number of carbonyl (C=O) groups is 1. The van der Waals surface area contributed by atoms with Gasteiger partial charge in [0.2, 0.25) is 0 Å². The number of carbonyl (C=O) groups excluding carboxylic acids is 1. The molecule has 0 unspecified atom stereocenters. The van der Waals surface area contributed by atoms with Crippen LogP contribution in [0.25, 0.3) is 16.5 Å². The Morgan fingerprint density at radius 2 is 1.84 bits per heavy atom. The molecule has 2 amide bonds. The monoisotopic (exact) mass is 429 g/mol. The number of rotatable bonds is 4. The molecular formula is C28H35N3O. The average molecular weight is 430 g/mol. The molecule has 0 radical (unpaired) electrons. The van der Waals surface area contributed by atoms with Crippen molar-refractivity contribution in [1.29, 1.82) is 0 Å². The van der Waals surface area contributed by atoms with Crippen LogP contribution in [0.15, 0.2) is 49.0 Å². The summed E-state index contributed by atoms with van der Waals surface area (Å²) in [6.45, 7) is 16.1. The smallest absolute Gasteiger partial charge is 0.318 e. The fraction of sp³-hybridized carbons (Fsp3) is 0.393. The molecule has 2 aromatic carbocycles. The first-order chi connectivity index (χ1) is 15.2. The number of urea groups is 1. The SMILES string of the molecule is C=C(C)c1cccc(C(C)(C)NC(=O)N2CCC(c3[nH]c4ccc(C)cc4c3C)CC2)c1. The van der Waals surface area contributed by atoms with Gasteiger partial charge in [-0.05, 0) is 82.3 Å². The second kappa shape index (κ2) is 8.50. The molecule has 0 spiro atoms. The number of aromatic nitrogens is 1. The van der Waals surface area contributed by atoms with Gasteiger partial charge < -0.3 is 15.2 Å². The van der Waals surface area contributed by atoms with Crippen LogP contribution in [-0.4, -0.2) is 29.0 Å². The summed E-state index contributed by atoms with van der Waals surface area (Å²) in [4.78, 5) is 18.7. The second-order valence-corrected chi connectivity index (χ2v) is 9.89. The van der Waals surface area contributed by atoms with Crippen LogP contribution in [0, 0.1) is 13.8 Å². The fourth-order valence-corrected chi connectivity index (χ4v) is 4.83. The average Bonchev–Trinajstić information content (AvgIpc) is 3.09. The minimum absolute atomic E-state index is 0.0122. The number of nitrogens with one attached hydrogen (secondary N) is 2. The maximum Gasteiger partial charge on any atom is 0.318 e. The van der Waals surface area contributed by atoms with Gasteiger partial charge in [0, 0.05) is 35.6 Å². The molecule has 0 atom stereocenters. The number of amides is 2. The summed E-state index contributed by atoms with van der Waals surface area (Å²) in [5.41, 5.74) is 7.95. The number of hydrogen-bond donors (Lipinski definition) is 2. The van der Waals surface area contributed by atoms with Crippen LogP contribution < -0.4 is 5.32 Å². The van der Waals surface area contributed by atoms with Crippen molar-refractivity contribution in [2.75, 3.05) is 13.1 Å². The van der Waals surface area contributed by atoms with Gasteiger partial charge in [0.15, 0.2) is 0 Å². The zero-order chi connectivity index (χ0) is 23.0. The van der Waals surface area contributed by atoms with E-state index in [0.717, 1.165) is 42.6 Å². The molecule has 0 bridgehead atoms. The Bertz CT molecular complexity index is 1160. The predicted octanol–water partition coefficient (Wildman–Crippen LogP) is 6.64. The normalized spacial score (nSPS) is 15.2. The van der Waals surface area contributed by atoms with Gasteiger partial charge in [-0.3, -0.25) is 0 Å². The van der Waals surface area contributed by atoms with Gasteiger partial charge in [-0.1, -0.05) is 42.0 Å². The molecule has 4 nitrogen and oxygen atoms in total. The number of piperidine rings is 1. The van der Waals surface area contributed by atoms with Crippen molar-refractivity contribution in [1.82, 2.24) is 15.2 Å². The molecule has 4 heteroatoms. The van der Waals surface area contributed by atoms with Gasteiger partial charge in [0.1, 0.15) is 0 Å². The van der Waals surface area contributed by atoms with Gasteiger partial charge in [-0.25, -0.2) is 4.79 Å². The Hall–Kier alpha value is -3.01. The van der Waals surface area contributed by atoms with Crippen molar-refractivity contribution in [2.24, 2.45) is 0 Å². The number of allylic oxidation sites excluding steroid dienone is 1. The van der Waals surface area contributed by atoms with Crippen molar-refractivity contribution in [3.05, 3.63) is 77.0 Å². The number of H-pyrrole nitrogens is 1. The van der Waals surface area contributed by atoms with E-state index in [9.17, 15) is 4.79 Å². The molecule has 3 aromatic rings. The number of aryl methyl sites for hydroxylation is 2. The Balaban J connectivity index is 1.42. The molecule has 1 aliphatic rings. The highest BCUT2D eigenvalue weighted by molar-refractivity contribution is 5.85. The molecule has 0 aliphatic carbocycles. The number of fused-ring (bicyclic) bond motifs is 1. The zero-order valence-electron chi connectivity index (χ0n) is 20.0. The van der Waals surface area contributed by atoms with E-state index < -0.39 is 5.54 Å². The van der Waals surface area contributed by atoms with Crippen LogP contribution >= 0.6 is 0 Å². The highest BCUT2D eigenvalue weighted by atomic mass is 16.2. The van der Waals surface area contributed by atoms with Crippen LogP contribution in [0.3, 0.4) is 0 Å². The first-order valence-corrected chi connectivity index (χ1v) is 11.6. The maximum atomic E-state index is 13.1. The van der Waals surface area contributed by atoms with Crippen molar-refractivity contribution in [3.63, 3.8) is 0 Å². The zero-order valence-corrected chi connectivity index (χ0v) is 20.0. The molecular weight excluding hydrogens is 394 g/mol. The number of benzene rings is 2. The Morgan fingerprint density at radius 1 is 1.12 bits per heavy atom. The number of hydrogen-bond acceptors (Lipinski definition) is 1. The van der Waals surface area contributed by atoms with E-state index in [4.69, 9.17) is 0 Å². The topological polar surface area (TPSA) is 48.1 Å². The van der Waals surface area contributed by atoms with E-state index in [1.807, 2.05) is 17.9 Å². The molecule has 168 valence electrons. The molecule has 32 heavy (non-hydrogen) atoms. The highest BCUT2D eigenvalue weighted by Crippen LogP contribution is 2.34. The van der Waals surface area contributed by atoms with Gasteiger partial charge in [0.05, 0.1) is 5.54 Å². The molecule has 1 fully saturated rings. The first-order valence-electron chi connectivity index (χ1n) is 11.6. The van der Waals surface area contributed by atoms with Crippen molar-refractivity contribution >= 4 is 22.5 Å². The summed E-state index contributed by atoms with van der Waals surface area (Å²) in [6, 6.07) is 14.9. The minimum Gasteiger partial charge on any atom is -0.358 e. The highest BCUT2D eigenvalue weighted by Gasteiger charge is 2.30. The molecule has 1 aromatic heterocycles. The van der Waals surface area contributed by atoms with E-state index in [-0.39, 0.29) is 6.03 Å². The molecule has 4 rings (SSSR count). The maximum absolute atomic E-state index is 13.1. The fourth-order valence-electron chi connectivity index (χ4n) is 4.83. The van der Waals surface area contributed by atoms with Crippen molar-refractivity contribution in [3.8, 4) is 0 Å². The largest absolute Gasteiger partial charge is 0.358 e. The second-order valence-electron chi connectivity index (χ2n) is 9.89. The lowest BCUT2D eigenvalue weighted by molar-refractivity contribution is 0.171. The third-order valence-corrected chi connectivity index (χ3v) is 6.94. The molecule has 1 saturated heterocycles. The van der Waals surface area contributed by atoms with Crippen LogP contribution in [0.1, 0.15) is 67.5 Å². The standard InChI is InChI=1S/C28H35N3O/c1-18(2)22-8-7-9-23(17-22)28(5,6)30-27(32)31-14-12-21(13-15-31)26-20(4)24-16-19(3)10-11-25(24)29-26/h7-11,16-17,21,29H,1,12-15H2,2-6H3,(H,30,32). The summed E-state index contributed by atoms with van der Waals surface area (Å²) >= 11 is 0. The van der Waals surface area contributed by atoms with Gasteiger partial charge >= 0.3 is 6.03 Å². The van der Waals surface area contributed by atoms with Gasteiger partial charge in [0.25, 0.3) is 0 Å². The van der Waals surface area contributed by atoms with E-state index in [2.05, 4.69) is 81.0 Å². The third kappa shape index (κ3) is 4.32.